The maximum Gasteiger partial charge on any atom is 0.355 e. The molecule has 2 unspecified atom stereocenters. The molecule has 1 amide bonds. The van der Waals surface area contributed by atoms with Crippen molar-refractivity contribution in [1.29, 1.82) is 21.0 Å². The minimum absolute atomic E-state index is 0. The number of esters is 1. The van der Waals surface area contributed by atoms with Crippen LogP contribution in [0.1, 0.15) is 110 Å². The molecule has 0 bridgehead atoms. The molecule has 2 aromatic carbocycles. The fourth-order valence-corrected chi connectivity index (χ4v) is 7.56. The Bertz CT molecular complexity index is 3260. The number of ether oxygens (including phenoxy) is 1. The van der Waals surface area contributed by atoms with Crippen LogP contribution in [0.5, 0.6) is 0 Å². The van der Waals surface area contributed by atoms with E-state index in [0.29, 0.717) is 41.3 Å². The number of benzene rings is 2. The van der Waals surface area contributed by atoms with Crippen LogP contribution in [0.2, 0.25) is 0 Å². The smallest absolute Gasteiger partial charge is 0.355 e. The van der Waals surface area contributed by atoms with E-state index in [1.807, 2.05) is 19.1 Å². The Kier molecular flexibility index (Phi) is 25.5. The minimum atomic E-state index is -1.30. The van der Waals surface area contributed by atoms with Crippen molar-refractivity contribution >= 4 is 53.4 Å². The molecule has 29 heteroatoms. The number of carbonyl (C=O) groups excluding carboxylic acids is 4. The molecule has 0 saturated carbocycles. The zero-order valence-electron chi connectivity index (χ0n) is 41.7. The first-order valence-electron chi connectivity index (χ1n) is 22.0. The number of nitrogens with two attached hydrogens (primary N) is 1. The van der Waals surface area contributed by atoms with Crippen LogP contribution < -0.4 is 5.73 Å². The number of imidazole rings is 4. The quantitative estimate of drug-likeness (QED) is 0.0612. The Morgan fingerprint density at radius 1 is 0.779 bits per heavy atom. The Hall–Kier alpha value is -8.83. The van der Waals surface area contributed by atoms with Crippen molar-refractivity contribution in [3.63, 3.8) is 0 Å². The minimum Gasteiger partial charge on any atom is -0.476 e. The van der Waals surface area contributed by atoms with E-state index in [1.165, 1.54) is 58.2 Å². The monoisotopic (exact) mass is 1110 g/mol. The van der Waals surface area contributed by atoms with Crippen LogP contribution in [-0.4, -0.2) is 103 Å². The van der Waals surface area contributed by atoms with Gasteiger partial charge < -0.3 is 38.7 Å². The number of aromatic nitrogens is 8. The van der Waals surface area contributed by atoms with Gasteiger partial charge in [-0.15, -0.1) is 12.4 Å². The van der Waals surface area contributed by atoms with Gasteiger partial charge in [0.1, 0.15) is 47.3 Å². The van der Waals surface area contributed by atoms with E-state index in [0.717, 1.165) is 12.1 Å². The van der Waals surface area contributed by atoms with Crippen molar-refractivity contribution in [3.05, 3.63) is 141 Å². The highest BCUT2D eigenvalue weighted by Crippen LogP contribution is 2.33. The van der Waals surface area contributed by atoms with Crippen molar-refractivity contribution < 1.29 is 60.2 Å². The highest BCUT2D eigenvalue weighted by molar-refractivity contribution is 8.14. The van der Waals surface area contributed by atoms with E-state index in [2.05, 4.69) is 19.9 Å². The molecule has 0 spiro atoms. The summed E-state index contributed by atoms with van der Waals surface area (Å²) in [5.41, 5.74) is 6.72. The van der Waals surface area contributed by atoms with Crippen LogP contribution in [-0.2, 0) is 49.1 Å². The number of halogens is 7. The number of likely N-dealkylation sites (tertiary alicyclic amines) is 1. The second-order valence-electron chi connectivity index (χ2n) is 15.6. The Balaban J connectivity index is 0.000000342. The number of aryl methyl sites for hydroxylation is 4. The van der Waals surface area contributed by atoms with Gasteiger partial charge >= 0.3 is 11.9 Å². The molecule has 77 heavy (non-hydrogen) atoms. The lowest BCUT2D eigenvalue weighted by Gasteiger charge is -2.17. The van der Waals surface area contributed by atoms with Crippen LogP contribution in [0, 0.1) is 80.2 Å². The third kappa shape index (κ3) is 17.1. The molecule has 0 aliphatic carbocycles. The van der Waals surface area contributed by atoms with E-state index in [9.17, 15) is 50.3 Å². The summed E-state index contributed by atoms with van der Waals surface area (Å²) in [6.45, 7) is 3.83. The second kappa shape index (κ2) is 30.5. The SMILES string of the molecule is CCOC(=O)CC(CN)c1cc(F)cc(F)c1F.CCSC(=O)c1c(C#N)ncn1C.Cl.Cn1cnc(C#N)c1C(=O)O.Cn1cnc(C#N)c1C=O.Cn1cnc(C#N)c1CN1CC(c2cc(F)cc(F)c2F)CC1=O. The summed E-state index contributed by atoms with van der Waals surface area (Å²) in [7, 11) is 6.59. The van der Waals surface area contributed by atoms with Crippen molar-refractivity contribution in [2.75, 3.05) is 25.4 Å². The highest BCUT2D eigenvalue weighted by Gasteiger charge is 2.34. The Morgan fingerprint density at radius 2 is 1.29 bits per heavy atom. The molecule has 6 aromatic rings. The summed E-state index contributed by atoms with van der Waals surface area (Å²) in [5.74, 6) is -9.41. The lowest BCUT2D eigenvalue weighted by molar-refractivity contribution is -0.143. The van der Waals surface area contributed by atoms with Crippen LogP contribution in [0.4, 0.5) is 26.3 Å². The standard InChI is InChI=1S/C16H13F3N4O.C12H14F3NO2.C8H9N3OS.C6H5N3O2.C6H5N3O.ClH/c1-22-8-21-13(5-20)14(22)7-23-6-9(2-15(23)24)11-3-10(17)4-12(18)16(11)19;1-2-18-11(17)3-7(6-16)9-4-8(13)5-10(14)12(9)15;1-3-13-8(12)7-6(4-9)10-5-11(7)2;1-9-3-8-4(2-7)5(9)6(10)11;1-9-4-8-5(2-7)6(9)3-10;/h3-4,8-9H,2,6-7H2,1H3;4-5,7H,2-3,6,16H2,1H3;5H,3H2,1-2H3;3H,1H3,(H,10,11);3-4H,1H3;1H. The highest BCUT2D eigenvalue weighted by atomic mass is 35.5. The molecule has 4 aromatic heterocycles. The van der Waals surface area contributed by atoms with E-state index in [4.69, 9.17) is 36.6 Å². The number of carbonyl (C=O) groups is 5. The van der Waals surface area contributed by atoms with E-state index >= 15 is 0 Å². The molecule has 2 atom stereocenters. The predicted molar refractivity (Wildman–Crippen MR) is 262 cm³/mol. The fraction of sp³-hybridized carbons (Fsp3) is 0.312. The summed E-state index contributed by atoms with van der Waals surface area (Å²) in [6.07, 6.45) is 6.02. The van der Waals surface area contributed by atoms with Crippen molar-refractivity contribution in [1.82, 2.24) is 43.1 Å². The molecule has 406 valence electrons. The average molecular weight is 1110 g/mol. The summed E-state index contributed by atoms with van der Waals surface area (Å²) < 4.78 is 90.9. The number of rotatable bonds is 12. The number of amides is 1. The third-order valence-corrected chi connectivity index (χ3v) is 11.3. The fourth-order valence-electron chi connectivity index (χ4n) is 6.92. The van der Waals surface area contributed by atoms with Gasteiger partial charge in [0.25, 0.3) is 0 Å². The normalized spacial score (nSPS) is 12.4. The summed E-state index contributed by atoms with van der Waals surface area (Å²) in [5, 5.41) is 42.9. The maximum atomic E-state index is 13.9. The predicted octanol–water partition coefficient (Wildman–Crippen LogP) is 6.03. The molecule has 0 radical (unpaired) electrons. The topological polar surface area (TPSA) is 311 Å². The molecule has 7 rings (SSSR count). The Labute approximate surface area is 446 Å². The molecule has 1 fully saturated rings. The van der Waals surface area contributed by atoms with Crippen LogP contribution >= 0.6 is 24.2 Å². The maximum absolute atomic E-state index is 13.9. The number of carboxylic acids is 1. The number of nitriles is 4. The molecular weight excluding hydrogens is 1070 g/mol. The number of aldehydes is 1. The van der Waals surface area contributed by atoms with Gasteiger partial charge in [-0.1, -0.05) is 18.7 Å². The lowest BCUT2D eigenvalue weighted by Crippen LogP contribution is -2.26. The molecule has 3 N–H and O–H groups in total. The molecule has 21 nitrogen and oxygen atoms in total. The van der Waals surface area contributed by atoms with Gasteiger partial charge in [0, 0.05) is 65.1 Å². The first-order valence-corrected chi connectivity index (χ1v) is 23.0. The first kappa shape index (κ1) is 64.3. The van der Waals surface area contributed by atoms with Crippen molar-refractivity contribution in [2.24, 2.45) is 33.9 Å². The summed E-state index contributed by atoms with van der Waals surface area (Å²) >= 11 is 1.18. The third-order valence-electron chi connectivity index (χ3n) is 10.6. The zero-order valence-corrected chi connectivity index (χ0v) is 43.3. The summed E-state index contributed by atoms with van der Waals surface area (Å²) in [4.78, 5) is 72.0. The second-order valence-corrected chi connectivity index (χ2v) is 16.9. The van der Waals surface area contributed by atoms with Gasteiger partial charge in [0.15, 0.2) is 58.0 Å². The van der Waals surface area contributed by atoms with E-state index in [1.54, 1.807) is 49.3 Å². The van der Waals surface area contributed by atoms with Gasteiger partial charge in [0.05, 0.1) is 50.6 Å². The number of hydrogen-bond donors (Lipinski definition) is 2. The van der Waals surface area contributed by atoms with Crippen molar-refractivity contribution in [3.8, 4) is 24.3 Å². The van der Waals surface area contributed by atoms with E-state index < -0.39 is 58.7 Å². The Morgan fingerprint density at radius 3 is 1.79 bits per heavy atom. The average Bonchev–Trinajstić information content (AvgIpc) is 4.22. The molecule has 1 aliphatic rings. The van der Waals surface area contributed by atoms with Gasteiger partial charge in [0.2, 0.25) is 11.0 Å². The first-order chi connectivity index (χ1) is 36.0. The van der Waals surface area contributed by atoms with Gasteiger partial charge in [-0.3, -0.25) is 19.2 Å². The molecule has 5 heterocycles. The molecule has 1 saturated heterocycles. The number of nitrogens with zero attached hydrogens (tertiary/aromatic N) is 13. The summed E-state index contributed by atoms with van der Waals surface area (Å²) in [6, 6.07) is 10.0. The number of hydrogen-bond acceptors (Lipinski definition) is 16. The zero-order chi connectivity index (χ0) is 57.0. The molecular formula is C48H47ClF6N14O7S. The largest absolute Gasteiger partial charge is 0.476 e. The number of aromatic carboxylic acids is 1. The number of carboxylic acid groups (broad SMARTS) is 1. The van der Waals surface area contributed by atoms with Crippen LogP contribution in [0.3, 0.4) is 0 Å². The van der Waals surface area contributed by atoms with Crippen molar-refractivity contribution in [2.45, 2.75) is 45.1 Å². The van der Waals surface area contributed by atoms with Gasteiger partial charge in [-0.25, -0.2) is 51.1 Å². The van der Waals surface area contributed by atoms with E-state index in [-0.39, 0.29) is 102 Å². The number of thioether (sulfide) groups is 1. The van der Waals surface area contributed by atoms with Gasteiger partial charge in [-0.05, 0) is 42.5 Å². The van der Waals surface area contributed by atoms with Gasteiger partial charge in [-0.2, -0.15) is 21.0 Å². The lowest BCUT2D eigenvalue weighted by atomic mass is 9.95. The van der Waals surface area contributed by atoms with Crippen LogP contribution in [0.25, 0.3) is 0 Å². The molecule has 1 aliphatic heterocycles. The van der Waals surface area contributed by atoms with Crippen LogP contribution in [0.15, 0.2) is 49.6 Å².